The topological polar surface area (TPSA) is 97.1 Å². The highest BCUT2D eigenvalue weighted by molar-refractivity contribution is 6.30. The van der Waals surface area contributed by atoms with Crippen molar-refractivity contribution in [2.45, 2.75) is 25.9 Å². The van der Waals surface area contributed by atoms with Gasteiger partial charge in [0.2, 0.25) is 23.5 Å². The van der Waals surface area contributed by atoms with E-state index in [1.807, 2.05) is 0 Å². The van der Waals surface area contributed by atoms with Crippen LogP contribution in [0.3, 0.4) is 0 Å². The van der Waals surface area contributed by atoms with Crippen LogP contribution in [-0.2, 0) is 22.2 Å². The molecule has 1 heterocycles. The average molecular weight is 453 g/mol. The summed E-state index contributed by atoms with van der Waals surface area (Å²) in [5, 5.41) is 9.15. The van der Waals surface area contributed by atoms with Gasteiger partial charge in [-0.2, -0.15) is 18.2 Å². The van der Waals surface area contributed by atoms with Gasteiger partial charge >= 0.3 is 6.18 Å². The van der Waals surface area contributed by atoms with Gasteiger partial charge in [0.25, 0.3) is 0 Å². The van der Waals surface area contributed by atoms with Crippen molar-refractivity contribution in [2.24, 2.45) is 0 Å². The zero-order valence-corrected chi connectivity index (χ0v) is 16.8. The molecule has 0 aliphatic heterocycles. The molecule has 11 heteroatoms. The number of nitrogens with zero attached hydrogens (tertiary/aromatic N) is 2. The number of halogens is 4. The van der Waals surface area contributed by atoms with E-state index >= 15 is 0 Å². The normalized spacial score (nSPS) is 11.3. The van der Waals surface area contributed by atoms with E-state index in [4.69, 9.17) is 16.1 Å². The van der Waals surface area contributed by atoms with Crippen LogP contribution >= 0.6 is 11.6 Å². The highest BCUT2D eigenvalue weighted by atomic mass is 35.5. The number of aromatic nitrogens is 2. The second-order valence-electron chi connectivity index (χ2n) is 6.51. The highest BCUT2D eigenvalue weighted by Crippen LogP contribution is 2.34. The van der Waals surface area contributed by atoms with Crippen LogP contribution in [0.5, 0.6) is 0 Å². The van der Waals surface area contributed by atoms with Crippen molar-refractivity contribution >= 4 is 34.8 Å². The maximum atomic E-state index is 13.0. The van der Waals surface area contributed by atoms with Crippen LogP contribution in [0.25, 0.3) is 11.4 Å². The molecule has 2 N–H and O–H groups in total. The molecule has 0 radical (unpaired) electrons. The molecule has 3 rings (SSSR count). The third-order valence-electron chi connectivity index (χ3n) is 4.07. The number of amides is 2. The van der Waals surface area contributed by atoms with Crippen LogP contribution in [0.1, 0.15) is 24.8 Å². The minimum absolute atomic E-state index is 0.0525. The van der Waals surface area contributed by atoms with Crippen molar-refractivity contribution in [1.82, 2.24) is 10.1 Å². The molecule has 0 aliphatic carbocycles. The van der Waals surface area contributed by atoms with Gasteiger partial charge in [-0.05, 0) is 42.5 Å². The van der Waals surface area contributed by atoms with Crippen molar-refractivity contribution < 1.29 is 27.3 Å². The number of hydrogen-bond acceptors (Lipinski definition) is 5. The van der Waals surface area contributed by atoms with Gasteiger partial charge in [-0.15, -0.1) is 0 Å². The number of nitrogens with one attached hydrogen (secondary N) is 2. The second kappa shape index (κ2) is 9.17. The van der Waals surface area contributed by atoms with Crippen LogP contribution in [0.4, 0.5) is 24.5 Å². The smallest absolute Gasteiger partial charge is 0.339 e. The summed E-state index contributed by atoms with van der Waals surface area (Å²) < 4.78 is 44.1. The standard InChI is InChI=1S/C20H16ClF3N4O3/c1-11(29)25-15-7-4-13(20(22,23)24)10-16(15)26-17(30)8-9-18-27-19(28-31-18)12-2-5-14(21)6-3-12/h2-7,10H,8-9H2,1H3,(H,25,29)(H,26,30). The molecule has 0 aliphatic rings. The Labute approximate surface area is 179 Å². The van der Waals surface area contributed by atoms with E-state index in [2.05, 4.69) is 20.8 Å². The lowest BCUT2D eigenvalue weighted by atomic mass is 10.1. The predicted octanol–water partition coefficient (Wildman–Crippen LogP) is 4.94. The van der Waals surface area contributed by atoms with E-state index in [-0.39, 0.29) is 30.1 Å². The summed E-state index contributed by atoms with van der Waals surface area (Å²) in [7, 11) is 0. The third kappa shape index (κ3) is 6.05. The first-order chi connectivity index (χ1) is 14.6. The summed E-state index contributed by atoms with van der Waals surface area (Å²) in [6, 6.07) is 9.41. The molecule has 0 spiro atoms. The SMILES string of the molecule is CC(=O)Nc1ccc(C(F)(F)F)cc1NC(=O)CCc1nc(-c2ccc(Cl)cc2)no1. The number of anilines is 2. The van der Waals surface area contributed by atoms with E-state index in [1.54, 1.807) is 24.3 Å². The zero-order chi connectivity index (χ0) is 22.6. The van der Waals surface area contributed by atoms with Gasteiger partial charge in [0.15, 0.2) is 0 Å². The first-order valence-electron chi connectivity index (χ1n) is 8.99. The van der Waals surface area contributed by atoms with Gasteiger partial charge in [-0.3, -0.25) is 9.59 Å². The molecule has 0 saturated heterocycles. The first kappa shape index (κ1) is 22.3. The Morgan fingerprint density at radius 2 is 1.77 bits per heavy atom. The minimum Gasteiger partial charge on any atom is -0.339 e. The summed E-state index contributed by atoms with van der Waals surface area (Å²) in [6.07, 6.45) is -4.66. The molecular weight excluding hydrogens is 437 g/mol. The number of carbonyl (C=O) groups is 2. The molecule has 0 atom stereocenters. The maximum Gasteiger partial charge on any atom is 0.416 e. The van der Waals surface area contributed by atoms with E-state index < -0.39 is 23.6 Å². The summed E-state index contributed by atoms with van der Waals surface area (Å²) in [5.41, 5.74) is -0.395. The summed E-state index contributed by atoms with van der Waals surface area (Å²) in [4.78, 5) is 27.8. The van der Waals surface area contributed by atoms with E-state index in [0.29, 0.717) is 16.4 Å². The van der Waals surface area contributed by atoms with Gasteiger partial charge in [0.1, 0.15) is 0 Å². The first-order valence-corrected chi connectivity index (χ1v) is 9.37. The van der Waals surface area contributed by atoms with E-state index in [1.165, 1.54) is 6.92 Å². The Morgan fingerprint density at radius 1 is 1.06 bits per heavy atom. The van der Waals surface area contributed by atoms with Crippen LogP contribution < -0.4 is 10.6 Å². The van der Waals surface area contributed by atoms with Crippen LogP contribution in [0.2, 0.25) is 5.02 Å². The molecule has 3 aromatic rings. The van der Waals surface area contributed by atoms with E-state index in [0.717, 1.165) is 18.2 Å². The molecule has 0 unspecified atom stereocenters. The number of hydrogen-bond donors (Lipinski definition) is 2. The predicted molar refractivity (Wildman–Crippen MR) is 107 cm³/mol. The highest BCUT2D eigenvalue weighted by Gasteiger charge is 2.31. The van der Waals surface area contributed by atoms with Crippen LogP contribution in [0.15, 0.2) is 47.0 Å². The molecule has 7 nitrogen and oxygen atoms in total. The Balaban J connectivity index is 1.68. The number of benzene rings is 2. The van der Waals surface area contributed by atoms with Gasteiger partial charge in [-0.1, -0.05) is 16.8 Å². The fourth-order valence-electron chi connectivity index (χ4n) is 2.63. The Bertz CT molecular complexity index is 1100. The lowest BCUT2D eigenvalue weighted by Gasteiger charge is -2.14. The second-order valence-corrected chi connectivity index (χ2v) is 6.94. The molecule has 0 bridgehead atoms. The van der Waals surface area contributed by atoms with Crippen molar-refractivity contribution in [3.05, 3.63) is 58.9 Å². The summed E-state index contributed by atoms with van der Waals surface area (Å²) in [5.74, 6) is -0.572. The molecular formula is C20H16ClF3N4O3. The monoisotopic (exact) mass is 452 g/mol. The van der Waals surface area contributed by atoms with Crippen molar-refractivity contribution in [1.29, 1.82) is 0 Å². The molecule has 0 saturated carbocycles. The number of alkyl halides is 3. The number of rotatable bonds is 6. The van der Waals surface area contributed by atoms with Gasteiger partial charge in [0, 0.05) is 30.4 Å². The quantitative estimate of drug-likeness (QED) is 0.552. The third-order valence-corrected chi connectivity index (χ3v) is 4.32. The Kier molecular flexibility index (Phi) is 6.59. The largest absolute Gasteiger partial charge is 0.416 e. The average Bonchev–Trinajstić information content (AvgIpc) is 3.16. The zero-order valence-electron chi connectivity index (χ0n) is 16.1. The van der Waals surface area contributed by atoms with E-state index in [9.17, 15) is 22.8 Å². The number of carbonyl (C=O) groups excluding carboxylic acids is 2. The van der Waals surface area contributed by atoms with Crippen molar-refractivity contribution in [3.63, 3.8) is 0 Å². The molecule has 0 fully saturated rings. The molecule has 2 amide bonds. The minimum atomic E-state index is -4.60. The molecule has 2 aromatic carbocycles. The fraction of sp³-hybridized carbons (Fsp3) is 0.200. The van der Waals surface area contributed by atoms with Gasteiger partial charge in [0.05, 0.1) is 16.9 Å². The number of aryl methyl sites for hydroxylation is 1. The fourth-order valence-corrected chi connectivity index (χ4v) is 2.75. The van der Waals surface area contributed by atoms with Crippen molar-refractivity contribution in [3.8, 4) is 11.4 Å². The Hall–Kier alpha value is -3.40. The van der Waals surface area contributed by atoms with Gasteiger partial charge in [-0.25, -0.2) is 0 Å². The van der Waals surface area contributed by atoms with Crippen molar-refractivity contribution in [2.75, 3.05) is 10.6 Å². The lowest BCUT2D eigenvalue weighted by Crippen LogP contribution is -2.17. The van der Waals surface area contributed by atoms with Gasteiger partial charge < -0.3 is 15.2 Å². The Morgan fingerprint density at radius 3 is 2.42 bits per heavy atom. The lowest BCUT2D eigenvalue weighted by molar-refractivity contribution is -0.137. The molecule has 1 aromatic heterocycles. The molecule has 31 heavy (non-hydrogen) atoms. The van der Waals surface area contributed by atoms with Crippen LogP contribution in [0, 0.1) is 0 Å². The maximum absolute atomic E-state index is 13.0. The summed E-state index contributed by atoms with van der Waals surface area (Å²) in [6.45, 7) is 1.21. The summed E-state index contributed by atoms with van der Waals surface area (Å²) >= 11 is 5.83. The molecule has 162 valence electrons. The van der Waals surface area contributed by atoms with Crippen LogP contribution in [-0.4, -0.2) is 22.0 Å².